The standard InChI is InChI=1S/C18H17ClFN3O2.C4H6N2/c1-22-10-14-13(18(22)24)9-16(23-4-6-25-7-5-23)21-17(14)12-3-2-11(19)8-15(12)20;1-6-4-2-3-5-6/h2-3,8-9H,4-7,10H2,1H3;2-4H,1H3. The zero-order valence-corrected chi connectivity index (χ0v) is 18.1. The Morgan fingerprint density at radius 1 is 1.13 bits per heavy atom. The fourth-order valence-electron chi connectivity index (χ4n) is 3.63. The number of hydrogen-bond donors (Lipinski definition) is 0. The van der Waals surface area contributed by atoms with Crippen molar-refractivity contribution in [3.63, 3.8) is 0 Å². The predicted octanol–water partition coefficient (Wildman–Crippen LogP) is 3.38. The van der Waals surface area contributed by atoms with Crippen LogP contribution in [0.3, 0.4) is 0 Å². The maximum Gasteiger partial charge on any atom is 0.254 e. The summed E-state index contributed by atoms with van der Waals surface area (Å²) in [5.74, 6) is 0.168. The molecule has 2 aliphatic heterocycles. The van der Waals surface area contributed by atoms with Crippen LogP contribution in [0.15, 0.2) is 42.7 Å². The second kappa shape index (κ2) is 9.03. The minimum atomic E-state index is -0.441. The van der Waals surface area contributed by atoms with E-state index < -0.39 is 5.82 Å². The summed E-state index contributed by atoms with van der Waals surface area (Å²) < 4.78 is 21.6. The number of morpholine rings is 1. The van der Waals surface area contributed by atoms with E-state index in [0.717, 1.165) is 5.56 Å². The maximum absolute atomic E-state index is 14.5. The van der Waals surface area contributed by atoms with Crippen molar-refractivity contribution in [1.82, 2.24) is 19.7 Å². The molecule has 2 aromatic heterocycles. The average molecular weight is 444 g/mol. The zero-order valence-electron chi connectivity index (χ0n) is 17.4. The third-order valence-corrected chi connectivity index (χ3v) is 5.48. The molecule has 0 radical (unpaired) electrons. The number of ether oxygens (including phenoxy) is 1. The molecule has 9 heteroatoms. The summed E-state index contributed by atoms with van der Waals surface area (Å²) in [7, 11) is 3.62. The zero-order chi connectivity index (χ0) is 22.0. The normalized spacial score (nSPS) is 15.5. The summed E-state index contributed by atoms with van der Waals surface area (Å²) in [6, 6.07) is 8.22. The highest BCUT2D eigenvalue weighted by molar-refractivity contribution is 6.30. The molecule has 1 aromatic carbocycles. The van der Waals surface area contributed by atoms with Crippen molar-refractivity contribution in [2.24, 2.45) is 7.05 Å². The number of benzene rings is 1. The monoisotopic (exact) mass is 443 g/mol. The Bertz CT molecular complexity index is 1080. The van der Waals surface area contributed by atoms with Crippen LogP contribution in [0.25, 0.3) is 11.3 Å². The summed E-state index contributed by atoms with van der Waals surface area (Å²) in [5.41, 5.74) is 2.21. The number of carbonyl (C=O) groups excluding carboxylic acids is 1. The Kier molecular flexibility index (Phi) is 6.20. The number of aromatic nitrogens is 3. The van der Waals surface area contributed by atoms with Crippen LogP contribution in [-0.2, 0) is 18.3 Å². The molecule has 0 bridgehead atoms. The number of halogens is 2. The van der Waals surface area contributed by atoms with Gasteiger partial charge in [0.25, 0.3) is 5.91 Å². The third kappa shape index (κ3) is 4.55. The fourth-order valence-corrected chi connectivity index (χ4v) is 3.79. The van der Waals surface area contributed by atoms with Gasteiger partial charge in [0.05, 0.1) is 24.5 Å². The lowest BCUT2D eigenvalue weighted by Crippen LogP contribution is -2.37. The van der Waals surface area contributed by atoms with Gasteiger partial charge in [-0.2, -0.15) is 5.10 Å². The first kappa shape index (κ1) is 21.3. The van der Waals surface area contributed by atoms with Crippen LogP contribution in [0.1, 0.15) is 15.9 Å². The lowest BCUT2D eigenvalue weighted by atomic mass is 10.0. The SMILES string of the molecule is CN1Cc2c(cc(N3CCOCC3)nc2-c2ccc(Cl)cc2F)C1=O.Cn1cccn1. The van der Waals surface area contributed by atoms with Crippen LogP contribution in [-0.4, -0.2) is 58.9 Å². The molecule has 0 N–H and O–H groups in total. The van der Waals surface area contributed by atoms with Crippen molar-refractivity contribution in [2.75, 3.05) is 38.3 Å². The highest BCUT2D eigenvalue weighted by Gasteiger charge is 2.31. The molecule has 5 rings (SSSR count). The number of hydrogen-bond acceptors (Lipinski definition) is 5. The molecular formula is C22H23ClFN5O2. The first-order chi connectivity index (χ1) is 14.9. The number of pyridine rings is 1. The molecule has 3 aromatic rings. The van der Waals surface area contributed by atoms with Crippen LogP contribution in [0, 0.1) is 5.82 Å². The molecule has 162 valence electrons. The van der Waals surface area contributed by atoms with E-state index in [1.165, 1.54) is 6.07 Å². The summed E-state index contributed by atoms with van der Waals surface area (Å²) in [6.45, 7) is 3.02. The molecule has 0 saturated carbocycles. The number of nitrogens with zero attached hydrogens (tertiary/aromatic N) is 5. The van der Waals surface area contributed by atoms with Gasteiger partial charge in [-0.25, -0.2) is 9.37 Å². The van der Waals surface area contributed by atoms with E-state index in [9.17, 15) is 9.18 Å². The largest absolute Gasteiger partial charge is 0.378 e. The smallest absolute Gasteiger partial charge is 0.254 e. The van der Waals surface area contributed by atoms with Gasteiger partial charge in [-0.05, 0) is 30.3 Å². The van der Waals surface area contributed by atoms with E-state index in [-0.39, 0.29) is 5.91 Å². The van der Waals surface area contributed by atoms with Crippen molar-refractivity contribution in [3.8, 4) is 11.3 Å². The fraction of sp³-hybridized carbons (Fsp3) is 0.318. The van der Waals surface area contributed by atoms with Gasteiger partial charge in [-0.3, -0.25) is 9.48 Å². The third-order valence-electron chi connectivity index (χ3n) is 5.24. The van der Waals surface area contributed by atoms with Gasteiger partial charge in [0, 0.05) is 62.3 Å². The number of carbonyl (C=O) groups is 1. The minimum absolute atomic E-state index is 0.0671. The number of fused-ring (bicyclic) bond motifs is 1. The van der Waals surface area contributed by atoms with Gasteiger partial charge in [0.2, 0.25) is 0 Å². The molecule has 1 amide bonds. The molecule has 7 nitrogen and oxygen atoms in total. The van der Waals surface area contributed by atoms with Gasteiger partial charge in [-0.1, -0.05) is 11.6 Å². The molecule has 2 aliphatic rings. The molecule has 0 unspecified atom stereocenters. The number of anilines is 1. The molecule has 1 saturated heterocycles. The van der Waals surface area contributed by atoms with Crippen molar-refractivity contribution < 1.29 is 13.9 Å². The lowest BCUT2D eigenvalue weighted by Gasteiger charge is -2.28. The summed E-state index contributed by atoms with van der Waals surface area (Å²) >= 11 is 5.88. The van der Waals surface area contributed by atoms with Gasteiger partial charge < -0.3 is 14.5 Å². The Hall–Kier alpha value is -2.97. The lowest BCUT2D eigenvalue weighted by molar-refractivity contribution is 0.0816. The Morgan fingerprint density at radius 3 is 2.52 bits per heavy atom. The Morgan fingerprint density at radius 2 is 1.90 bits per heavy atom. The van der Waals surface area contributed by atoms with E-state index in [1.807, 2.05) is 25.4 Å². The molecule has 31 heavy (non-hydrogen) atoms. The first-order valence-corrected chi connectivity index (χ1v) is 10.3. The second-order valence-corrected chi connectivity index (χ2v) is 7.86. The van der Waals surface area contributed by atoms with Crippen molar-refractivity contribution >= 4 is 23.3 Å². The number of amides is 1. The molecule has 0 spiro atoms. The quantitative estimate of drug-likeness (QED) is 0.607. The van der Waals surface area contributed by atoms with E-state index in [0.29, 0.717) is 60.5 Å². The first-order valence-electron chi connectivity index (χ1n) is 9.95. The summed E-state index contributed by atoms with van der Waals surface area (Å²) in [4.78, 5) is 20.9. The Labute approximate surface area is 185 Å². The number of aryl methyl sites for hydroxylation is 1. The molecule has 1 fully saturated rings. The van der Waals surface area contributed by atoms with Crippen molar-refractivity contribution in [3.05, 3.63) is 64.7 Å². The van der Waals surface area contributed by atoms with Gasteiger partial charge >= 0.3 is 0 Å². The predicted molar refractivity (Wildman–Crippen MR) is 117 cm³/mol. The second-order valence-electron chi connectivity index (χ2n) is 7.42. The summed E-state index contributed by atoms with van der Waals surface area (Å²) in [5, 5.41) is 4.16. The molecule has 0 aliphatic carbocycles. The Balaban J connectivity index is 0.000000334. The van der Waals surface area contributed by atoms with E-state index in [1.54, 1.807) is 35.0 Å². The van der Waals surface area contributed by atoms with Gasteiger partial charge in [0.1, 0.15) is 11.6 Å². The topological polar surface area (TPSA) is 63.5 Å². The van der Waals surface area contributed by atoms with E-state index in [2.05, 4.69) is 10.00 Å². The molecule has 0 atom stereocenters. The van der Waals surface area contributed by atoms with Crippen molar-refractivity contribution in [1.29, 1.82) is 0 Å². The maximum atomic E-state index is 14.5. The molecular weight excluding hydrogens is 421 g/mol. The van der Waals surface area contributed by atoms with Crippen LogP contribution >= 0.6 is 11.6 Å². The molecule has 4 heterocycles. The minimum Gasteiger partial charge on any atom is -0.378 e. The van der Waals surface area contributed by atoms with Gasteiger partial charge in [-0.15, -0.1) is 0 Å². The number of rotatable bonds is 2. The summed E-state index contributed by atoms with van der Waals surface area (Å²) in [6.07, 6.45) is 3.64. The van der Waals surface area contributed by atoms with Crippen molar-refractivity contribution in [2.45, 2.75) is 6.54 Å². The average Bonchev–Trinajstić information content (AvgIpc) is 3.36. The van der Waals surface area contributed by atoms with E-state index >= 15 is 0 Å². The van der Waals surface area contributed by atoms with Crippen LogP contribution in [0.4, 0.5) is 10.2 Å². The van der Waals surface area contributed by atoms with Crippen LogP contribution in [0.5, 0.6) is 0 Å². The van der Waals surface area contributed by atoms with Crippen LogP contribution < -0.4 is 4.90 Å². The van der Waals surface area contributed by atoms with E-state index in [4.69, 9.17) is 21.3 Å². The highest BCUT2D eigenvalue weighted by atomic mass is 35.5. The highest BCUT2D eigenvalue weighted by Crippen LogP contribution is 2.35. The van der Waals surface area contributed by atoms with Gasteiger partial charge in [0.15, 0.2) is 0 Å². The van der Waals surface area contributed by atoms with Crippen LogP contribution in [0.2, 0.25) is 5.02 Å².